The first kappa shape index (κ1) is 19.0. The summed E-state index contributed by atoms with van der Waals surface area (Å²) in [5.74, 6) is -0.616. The van der Waals surface area contributed by atoms with Gasteiger partial charge in [0.05, 0.1) is 22.0 Å². The predicted molar refractivity (Wildman–Crippen MR) is 99.6 cm³/mol. The van der Waals surface area contributed by atoms with Gasteiger partial charge in [-0.2, -0.15) is 0 Å². The number of anilines is 1. The van der Waals surface area contributed by atoms with Crippen molar-refractivity contribution in [3.05, 3.63) is 28.8 Å². The van der Waals surface area contributed by atoms with Gasteiger partial charge in [-0.1, -0.05) is 11.6 Å². The third-order valence-electron chi connectivity index (χ3n) is 5.00. The van der Waals surface area contributed by atoms with Crippen LogP contribution in [-0.2, 0) is 14.8 Å². The van der Waals surface area contributed by atoms with Crippen LogP contribution in [0.5, 0.6) is 0 Å². The second-order valence-corrected chi connectivity index (χ2v) is 9.15. The summed E-state index contributed by atoms with van der Waals surface area (Å²) in [6, 6.07) is 4.73. The topological polar surface area (TPSA) is 101 Å². The van der Waals surface area contributed by atoms with E-state index in [9.17, 15) is 18.0 Å². The molecular formula is C17H22ClN3O4S. The Bertz CT molecular complexity index is 819. The molecule has 0 radical (unpaired) electrons. The van der Waals surface area contributed by atoms with Crippen LogP contribution in [0.4, 0.5) is 5.69 Å². The van der Waals surface area contributed by atoms with Gasteiger partial charge in [-0.15, -0.1) is 0 Å². The van der Waals surface area contributed by atoms with Crippen molar-refractivity contribution >= 4 is 39.1 Å². The highest BCUT2D eigenvalue weighted by Crippen LogP contribution is 2.29. The quantitative estimate of drug-likeness (QED) is 0.834. The number of piperidine rings is 1. The number of nitrogens with zero attached hydrogens (tertiary/aromatic N) is 2. The lowest BCUT2D eigenvalue weighted by molar-refractivity contribution is -0.123. The minimum absolute atomic E-state index is 0.125. The van der Waals surface area contributed by atoms with E-state index in [1.807, 2.05) is 0 Å². The van der Waals surface area contributed by atoms with Crippen molar-refractivity contribution in [3.8, 4) is 0 Å². The Kier molecular flexibility index (Phi) is 5.43. The molecule has 2 saturated heterocycles. The number of amides is 2. The first-order valence-corrected chi connectivity index (χ1v) is 10.7. The van der Waals surface area contributed by atoms with Crippen LogP contribution in [0.2, 0.25) is 5.02 Å². The molecule has 0 bridgehead atoms. The van der Waals surface area contributed by atoms with Crippen LogP contribution in [0.15, 0.2) is 18.2 Å². The number of benzene rings is 1. The molecule has 3 rings (SSSR count). The Hall–Kier alpha value is -1.80. The fourth-order valence-electron chi connectivity index (χ4n) is 3.45. The summed E-state index contributed by atoms with van der Waals surface area (Å²) in [4.78, 5) is 25.6. The average Bonchev–Trinajstić information content (AvgIpc) is 2.61. The minimum Gasteiger partial charge on any atom is -0.369 e. The SMILES string of the molecule is NC(=O)C1CCN(C(=O)c2ccc(N3CCCCS3(=O)=O)cc2Cl)CC1. The first-order valence-electron chi connectivity index (χ1n) is 8.68. The lowest BCUT2D eigenvalue weighted by Crippen LogP contribution is -2.42. The van der Waals surface area contributed by atoms with E-state index in [4.69, 9.17) is 17.3 Å². The molecule has 2 heterocycles. The third-order valence-corrected chi connectivity index (χ3v) is 7.19. The van der Waals surface area contributed by atoms with Crippen molar-refractivity contribution in [3.63, 3.8) is 0 Å². The molecule has 26 heavy (non-hydrogen) atoms. The van der Waals surface area contributed by atoms with Crippen molar-refractivity contribution < 1.29 is 18.0 Å². The van der Waals surface area contributed by atoms with Gasteiger partial charge >= 0.3 is 0 Å². The summed E-state index contributed by atoms with van der Waals surface area (Å²) in [5.41, 5.74) is 6.14. The highest BCUT2D eigenvalue weighted by Gasteiger charge is 2.29. The van der Waals surface area contributed by atoms with Gasteiger partial charge in [0, 0.05) is 25.6 Å². The molecule has 0 atom stereocenters. The Morgan fingerprint density at radius 1 is 1.12 bits per heavy atom. The number of sulfonamides is 1. The van der Waals surface area contributed by atoms with E-state index in [-0.39, 0.29) is 28.5 Å². The largest absolute Gasteiger partial charge is 0.369 e. The van der Waals surface area contributed by atoms with Crippen molar-refractivity contribution in [2.75, 3.05) is 29.7 Å². The maximum absolute atomic E-state index is 12.7. The van der Waals surface area contributed by atoms with Gasteiger partial charge < -0.3 is 10.6 Å². The Balaban J connectivity index is 1.76. The number of nitrogens with two attached hydrogens (primary N) is 1. The number of carbonyl (C=O) groups is 2. The second-order valence-electron chi connectivity index (χ2n) is 6.73. The molecule has 2 aliphatic heterocycles. The maximum atomic E-state index is 12.7. The molecular weight excluding hydrogens is 378 g/mol. The molecule has 9 heteroatoms. The molecule has 1 aromatic carbocycles. The minimum atomic E-state index is -3.33. The summed E-state index contributed by atoms with van der Waals surface area (Å²) in [6.45, 7) is 1.32. The molecule has 142 valence electrons. The van der Waals surface area contributed by atoms with Crippen molar-refractivity contribution in [1.29, 1.82) is 0 Å². The summed E-state index contributed by atoms with van der Waals surface area (Å²) in [5, 5.41) is 0.227. The van der Waals surface area contributed by atoms with Crippen LogP contribution in [0.1, 0.15) is 36.0 Å². The molecule has 0 unspecified atom stereocenters. The van der Waals surface area contributed by atoms with Crippen molar-refractivity contribution in [2.45, 2.75) is 25.7 Å². The van der Waals surface area contributed by atoms with Crippen molar-refractivity contribution in [2.24, 2.45) is 11.7 Å². The number of hydrogen-bond donors (Lipinski definition) is 1. The van der Waals surface area contributed by atoms with E-state index in [1.54, 1.807) is 17.0 Å². The molecule has 2 aliphatic rings. The number of hydrogen-bond acceptors (Lipinski definition) is 4. The number of carbonyl (C=O) groups excluding carboxylic acids is 2. The van der Waals surface area contributed by atoms with E-state index in [0.717, 1.165) is 6.42 Å². The summed E-state index contributed by atoms with van der Waals surface area (Å²) in [7, 11) is -3.33. The molecule has 0 aliphatic carbocycles. The van der Waals surface area contributed by atoms with E-state index in [0.29, 0.717) is 50.1 Å². The Morgan fingerprint density at radius 2 is 1.81 bits per heavy atom. The van der Waals surface area contributed by atoms with Crippen LogP contribution >= 0.6 is 11.6 Å². The lowest BCUT2D eigenvalue weighted by atomic mass is 9.96. The van der Waals surface area contributed by atoms with Gasteiger partial charge in [0.25, 0.3) is 5.91 Å². The molecule has 0 spiro atoms. The van der Waals surface area contributed by atoms with Crippen molar-refractivity contribution in [1.82, 2.24) is 4.90 Å². The zero-order valence-electron chi connectivity index (χ0n) is 14.4. The van der Waals surface area contributed by atoms with Gasteiger partial charge in [-0.05, 0) is 43.9 Å². The highest BCUT2D eigenvalue weighted by atomic mass is 35.5. The second kappa shape index (κ2) is 7.44. The smallest absolute Gasteiger partial charge is 0.255 e. The zero-order valence-corrected chi connectivity index (χ0v) is 15.9. The fraction of sp³-hybridized carbons (Fsp3) is 0.529. The van der Waals surface area contributed by atoms with Gasteiger partial charge in [-0.25, -0.2) is 8.42 Å². The zero-order chi connectivity index (χ0) is 18.9. The highest BCUT2D eigenvalue weighted by molar-refractivity contribution is 7.92. The number of halogens is 1. The molecule has 0 saturated carbocycles. The standard InChI is InChI=1S/C17H22ClN3O4S/c18-15-11-13(21-7-1-2-10-26(21,24)25)3-4-14(15)17(23)20-8-5-12(6-9-20)16(19)22/h3-4,11-12H,1-2,5-10H2,(H2,19,22). The number of primary amides is 1. The van der Waals surface area contributed by atoms with E-state index in [1.165, 1.54) is 10.4 Å². The fourth-order valence-corrected chi connectivity index (χ4v) is 5.34. The number of likely N-dealkylation sites (tertiary alicyclic amines) is 1. The van der Waals surface area contributed by atoms with E-state index in [2.05, 4.69) is 0 Å². The van der Waals surface area contributed by atoms with Crippen LogP contribution in [-0.4, -0.2) is 50.5 Å². The molecule has 7 nitrogen and oxygen atoms in total. The third kappa shape index (κ3) is 3.81. The summed E-state index contributed by atoms with van der Waals surface area (Å²) < 4.78 is 25.8. The van der Waals surface area contributed by atoms with E-state index >= 15 is 0 Å². The van der Waals surface area contributed by atoms with Crippen LogP contribution < -0.4 is 10.0 Å². The normalized spacial score (nSPS) is 20.8. The molecule has 2 fully saturated rings. The van der Waals surface area contributed by atoms with Gasteiger partial charge in [-0.3, -0.25) is 13.9 Å². The Morgan fingerprint density at radius 3 is 2.38 bits per heavy atom. The summed E-state index contributed by atoms with van der Waals surface area (Å²) >= 11 is 6.29. The van der Waals surface area contributed by atoms with Crippen LogP contribution in [0.3, 0.4) is 0 Å². The first-order chi connectivity index (χ1) is 12.3. The van der Waals surface area contributed by atoms with Gasteiger partial charge in [0.1, 0.15) is 0 Å². The molecule has 1 aromatic rings. The maximum Gasteiger partial charge on any atom is 0.255 e. The predicted octanol–water partition coefficient (Wildman–Crippen LogP) is 1.61. The lowest BCUT2D eigenvalue weighted by Gasteiger charge is -2.31. The molecule has 2 amide bonds. The Labute approximate surface area is 158 Å². The average molecular weight is 400 g/mol. The number of rotatable bonds is 3. The monoisotopic (exact) mass is 399 g/mol. The van der Waals surface area contributed by atoms with E-state index < -0.39 is 10.0 Å². The molecule has 2 N–H and O–H groups in total. The van der Waals surface area contributed by atoms with Gasteiger partial charge in [0.15, 0.2) is 0 Å². The van der Waals surface area contributed by atoms with Crippen LogP contribution in [0.25, 0.3) is 0 Å². The van der Waals surface area contributed by atoms with Crippen LogP contribution in [0, 0.1) is 5.92 Å². The van der Waals surface area contributed by atoms with Gasteiger partial charge in [0.2, 0.25) is 15.9 Å². The molecule has 0 aromatic heterocycles. The summed E-state index contributed by atoms with van der Waals surface area (Å²) in [6.07, 6.45) is 2.54.